The van der Waals surface area contributed by atoms with E-state index in [-0.39, 0.29) is 0 Å². The van der Waals surface area contributed by atoms with Gasteiger partial charge in [-0.05, 0) is 45.9 Å². The van der Waals surface area contributed by atoms with E-state index < -0.39 is 11.5 Å². The minimum atomic E-state index is -0.793. The number of aliphatic carboxylic acids is 1. The third kappa shape index (κ3) is 4.16. The molecule has 0 saturated carbocycles. The second-order valence-electron chi connectivity index (χ2n) is 4.76. The lowest BCUT2D eigenvalue weighted by Gasteiger charge is -2.24. The van der Waals surface area contributed by atoms with Gasteiger partial charge < -0.3 is 15.2 Å². The van der Waals surface area contributed by atoms with Crippen LogP contribution in [0.4, 0.5) is 0 Å². The molecule has 0 aromatic heterocycles. The number of nitrogens with one attached hydrogen (secondary N) is 1. The second-order valence-corrected chi connectivity index (χ2v) is 6.11. The van der Waals surface area contributed by atoms with Gasteiger partial charge in [0.1, 0.15) is 5.54 Å². The summed E-state index contributed by atoms with van der Waals surface area (Å²) in [5.41, 5.74) is -0.793. The minimum Gasteiger partial charge on any atom is -0.480 e. The highest BCUT2D eigenvalue weighted by Crippen LogP contribution is 2.27. The van der Waals surface area contributed by atoms with Crippen LogP contribution in [0.5, 0.6) is 0 Å². The maximum Gasteiger partial charge on any atom is 0.323 e. The minimum absolute atomic E-state index is 0.343. The van der Waals surface area contributed by atoms with Gasteiger partial charge in [-0.2, -0.15) is 11.8 Å². The van der Waals surface area contributed by atoms with E-state index in [1.165, 1.54) is 0 Å². The van der Waals surface area contributed by atoms with Gasteiger partial charge in [0, 0.05) is 11.9 Å². The molecule has 1 saturated heterocycles. The highest BCUT2D eigenvalue weighted by atomic mass is 32.2. The Bertz CT molecular complexity index is 262. The van der Waals surface area contributed by atoms with Gasteiger partial charge in [-0.3, -0.25) is 4.79 Å². The van der Waals surface area contributed by atoms with E-state index in [1.807, 2.05) is 11.8 Å². The van der Waals surface area contributed by atoms with Crippen molar-refractivity contribution in [2.24, 2.45) is 0 Å². The highest BCUT2D eigenvalue weighted by molar-refractivity contribution is 7.99. The van der Waals surface area contributed by atoms with Gasteiger partial charge in [-0.1, -0.05) is 0 Å². The van der Waals surface area contributed by atoms with E-state index >= 15 is 0 Å². The first-order chi connectivity index (χ1) is 7.99. The molecule has 3 unspecified atom stereocenters. The molecule has 0 aromatic rings. The maximum atomic E-state index is 11.1. The zero-order valence-electron chi connectivity index (χ0n) is 10.9. The zero-order chi connectivity index (χ0) is 12.9. The Morgan fingerprint density at radius 1 is 1.65 bits per heavy atom. The summed E-state index contributed by atoms with van der Waals surface area (Å²) in [6, 6.07) is 0. The van der Waals surface area contributed by atoms with Crippen LogP contribution in [-0.4, -0.2) is 47.4 Å². The van der Waals surface area contributed by atoms with Crippen LogP contribution in [0.2, 0.25) is 0 Å². The van der Waals surface area contributed by atoms with Crippen LogP contribution >= 0.6 is 11.8 Å². The molecule has 1 rings (SSSR count). The van der Waals surface area contributed by atoms with Crippen LogP contribution in [-0.2, 0) is 9.53 Å². The summed E-state index contributed by atoms with van der Waals surface area (Å²) in [7, 11) is 1.70. The van der Waals surface area contributed by atoms with E-state index in [4.69, 9.17) is 9.84 Å². The Hall–Kier alpha value is -0.260. The predicted octanol–water partition coefficient (Wildman–Crippen LogP) is 1.74. The number of ether oxygens (including phenoxy) is 1. The lowest BCUT2D eigenvalue weighted by atomic mass is 9.97. The number of thioether (sulfide) groups is 1. The van der Waals surface area contributed by atoms with Crippen molar-refractivity contribution in [3.8, 4) is 0 Å². The van der Waals surface area contributed by atoms with Crippen molar-refractivity contribution < 1.29 is 14.6 Å². The number of carbonyl (C=O) groups is 1. The average Bonchev–Trinajstić information content (AvgIpc) is 2.70. The molecule has 1 heterocycles. The molecule has 100 valence electrons. The summed E-state index contributed by atoms with van der Waals surface area (Å²) in [5, 5.41) is 12.6. The van der Waals surface area contributed by atoms with Gasteiger partial charge in [0.15, 0.2) is 0 Å². The number of hydrogen-bond acceptors (Lipinski definition) is 4. The molecule has 0 bridgehead atoms. The lowest BCUT2D eigenvalue weighted by Crippen LogP contribution is -2.47. The van der Waals surface area contributed by atoms with Crippen LogP contribution in [0, 0.1) is 0 Å². The monoisotopic (exact) mass is 261 g/mol. The van der Waals surface area contributed by atoms with Crippen molar-refractivity contribution in [1.29, 1.82) is 0 Å². The number of likely N-dealkylation sites (N-methyl/N-ethyl adjacent to an activating group) is 1. The van der Waals surface area contributed by atoms with Gasteiger partial charge in [0.25, 0.3) is 0 Å². The van der Waals surface area contributed by atoms with Crippen molar-refractivity contribution >= 4 is 17.7 Å². The molecule has 1 fully saturated rings. The van der Waals surface area contributed by atoms with Crippen LogP contribution in [0.1, 0.15) is 33.1 Å². The third-order valence-electron chi connectivity index (χ3n) is 3.48. The molecule has 4 nitrogen and oxygen atoms in total. The van der Waals surface area contributed by atoms with Crippen molar-refractivity contribution in [3.05, 3.63) is 0 Å². The van der Waals surface area contributed by atoms with Gasteiger partial charge >= 0.3 is 5.97 Å². The average molecular weight is 261 g/mol. The standard InChI is InChI=1S/C12H23NO3S/c1-9-10(5-7-16-9)17-8-4-6-12(2,13-3)11(14)15/h9-10,13H,4-8H2,1-3H3,(H,14,15). The molecular formula is C12H23NO3S. The fourth-order valence-corrected chi connectivity index (χ4v) is 3.16. The first kappa shape index (κ1) is 14.8. The van der Waals surface area contributed by atoms with Gasteiger partial charge in [0.2, 0.25) is 0 Å². The van der Waals surface area contributed by atoms with E-state index in [0.29, 0.717) is 17.8 Å². The summed E-state index contributed by atoms with van der Waals surface area (Å²) in [4.78, 5) is 11.1. The van der Waals surface area contributed by atoms with Gasteiger partial charge in [-0.25, -0.2) is 0 Å². The Kier molecular flexibility index (Phi) is 5.76. The molecule has 17 heavy (non-hydrogen) atoms. The molecule has 0 aromatic carbocycles. The van der Waals surface area contributed by atoms with E-state index in [9.17, 15) is 4.79 Å². The van der Waals surface area contributed by atoms with E-state index in [2.05, 4.69) is 12.2 Å². The fourth-order valence-electron chi connectivity index (χ4n) is 1.93. The number of rotatable bonds is 7. The van der Waals surface area contributed by atoms with Crippen molar-refractivity contribution in [2.75, 3.05) is 19.4 Å². The summed E-state index contributed by atoms with van der Waals surface area (Å²) in [5.74, 6) is 0.227. The Labute approximate surface area is 107 Å². The largest absolute Gasteiger partial charge is 0.480 e. The molecule has 0 radical (unpaired) electrons. The number of carboxylic acid groups (broad SMARTS) is 1. The van der Waals surface area contributed by atoms with E-state index in [1.54, 1.807) is 14.0 Å². The summed E-state index contributed by atoms with van der Waals surface area (Å²) in [6.45, 7) is 4.71. The first-order valence-corrected chi connectivity index (χ1v) is 7.20. The summed E-state index contributed by atoms with van der Waals surface area (Å²) in [6.07, 6.45) is 3.04. The smallest absolute Gasteiger partial charge is 0.323 e. The number of carboxylic acids is 1. The molecule has 0 spiro atoms. The molecule has 0 amide bonds. The van der Waals surface area contributed by atoms with Crippen molar-refractivity contribution in [2.45, 2.75) is 50.0 Å². The first-order valence-electron chi connectivity index (χ1n) is 6.15. The maximum absolute atomic E-state index is 11.1. The molecule has 5 heteroatoms. The summed E-state index contributed by atoms with van der Waals surface area (Å²) >= 11 is 1.91. The molecule has 3 atom stereocenters. The molecule has 1 aliphatic heterocycles. The van der Waals surface area contributed by atoms with Crippen LogP contribution in [0.25, 0.3) is 0 Å². The second kappa shape index (κ2) is 6.61. The SMILES string of the molecule is CNC(C)(CCCSC1CCOC1C)C(=O)O. The van der Waals surface area contributed by atoms with Gasteiger partial charge in [-0.15, -0.1) is 0 Å². The summed E-state index contributed by atoms with van der Waals surface area (Å²) < 4.78 is 5.50. The predicted molar refractivity (Wildman–Crippen MR) is 70.6 cm³/mol. The highest BCUT2D eigenvalue weighted by Gasteiger charge is 2.30. The Morgan fingerprint density at radius 3 is 2.82 bits per heavy atom. The lowest BCUT2D eigenvalue weighted by molar-refractivity contribution is -0.144. The molecule has 2 N–H and O–H groups in total. The van der Waals surface area contributed by atoms with Crippen molar-refractivity contribution in [3.63, 3.8) is 0 Å². The molecular weight excluding hydrogens is 238 g/mol. The van der Waals surface area contributed by atoms with Crippen LogP contribution in [0.15, 0.2) is 0 Å². The third-order valence-corrected chi connectivity index (χ3v) is 5.06. The molecule has 0 aliphatic carbocycles. The van der Waals surface area contributed by atoms with E-state index in [0.717, 1.165) is 25.2 Å². The van der Waals surface area contributed by atoms with Crippen LogP contribution < -0.4 is 5.32 Å². The fraction of sp³-hybridized carbons (Fsp3) is 0.917. The number of hydrogen-bond donors (Lipinski definition) is 2. The normalized spacial score (nSPS) is 27.9. The van der Waals surface area contributed by atoms with Crippen LogP contribution in [0.3, 0.4) is 0 Å². The Morgan fingerprint density at radius 2 is 2.35 bits per heavy atom. The van der Waals surface area contributed by atoms with Crippen molar-refractivity contribution in [1.82, 2.24) is 5.32 Å². The topological polar surface area (TPSA) is 58.6 Å². The Balaban J connectivity index is 2.21. The quantitative estimate of drug-likeness (QED) is 0.684. The molecule has 1 aliphatic rings. The zero-order valence-corrected chi connectivity index (χ0v) is 11.7. The van der Waals surface area contributed by atoms with Gasteiger partial charge in [0.05, 0.1) is 6.10 Å².